The number of carbonyl (C=O) groups excluding carboxylic acids is 1. The van der Waals surface area contributed by atoms with Crippen molar-refractivity contribution in [3.8, 4) is 0 Å². The Morgan fingerprint density at radius 3 is 2.71 bits per heavy atom. The third-order valence-electron chi connectivity index (χ3n) is 2.76. The van der Waals surface area contributed by atoms with Gasteiger partial charge in [0.1, 0.15) is 0 Å². The second-order valence-electron chi connectivity index (χ2n) is 4.11. The highest BCUT2D eigenvalue weighted by Gasteiger charge is 2.29. The lowest BCUT2D eigenvalue weighted by atomic mass is 10.1. The molecule has 14 heavy (non-hydrogen) atoms. The van der Waals surface area contributed by atoms with E-state index in [9.17, 15) is 4.79 Å². The molecule has 1 aliphatic heterocycles. The Morgan fingerprint density at radius 2 is 2.07 bits per heavy atom. The summed E-state index contributed by atoms with van der Waals surface area (Å²) >= 11 is 0. The molecule has 74 valence electrons. The molecular formula is C12H15NO. The molecule has 1 aliphatic rings. The zero-order valence-corrected chi connectivity index (χ0v) is 8.87. The first-order valence-electron chi connectivity index (χ1n) is 5.02. The molecule has 2 heteroatoms. The molecule has 2 nitrogen and oxygen atoms in total. The summed E-state index contributed by atoms with van der Waals surface area (Å²) in [6, 6.07) is 6.37. The van der Waals surface area contributed by atoms with Crippen molar-refractivity contribution < 1.29 is 4.79 Å². The van der Waals surface area contributed by atoms with Gasteiger partial charge in [-0.25, -0.2) is 0 Å². The van der Waals surface area contributed by atoms with Gasteiger partial charge in [-0.05, 0) is 38.0 Å². The van der Waals surface area contributed by atoms with Gasteiger partial charge in [0.05, 0.1) is 6.42 Å². The van der Waals surface area contributed by atoms with Crippen LogP contribution in [-0.2, 0) is 11.2 Å². The predicted octanol–water partition coefficient (Wildman–Crippen LogP) is 2.29. The van der Waals surface area contributed by atoms with Gasteiger partial charge in [-0.1, -0.05) is 12.1 Å². The Labute approximate surface area is 84.5 Å². The summed E-state index contributed by atoms with van der Waals surface area (Å²) in [7, 11) is 0. The number of hydrogen-bond donors (Lipinski definition) is 0. The van der Waals surface area contributed by atoms with Crippen molar-refractivity contribution in [3.63, 3.8) is 0 Å². The molecule has 0 bridgehead atoms. The van der Waals surface area contributed by atoms with Gasteiger partial charge in [0.15, 0.2) is 0 Å². The van der Waals surface area contributed by atoms with E-state index in [1.54, 1.807) is 0 Å². The molecule has 0 aromatic heterocycles. The second-order valence-corrected chi connectivity index (χ2v) is 4.11. The van der Waals surface area contributed by atoms with Crippen molar-refractivity contribution in [1.29, 1.82) is 0 Å². The van der Waals surface area contributed by atoms with Crippen LogP contribution >= 0.6 is 0 Å². The molecule has 0 unspecified atom stereocenters. The third-order valence-corrected chi connectivity index (χ3v) is 2.76. The van der Waals surface area contributed by atoms with Crippen molar-refractivity contribution >= 4 is 11.6 Å². The second kappa shape index (κ2) is 3.12. The van der Waals surface area contributed by atoms with Crippen LogP contribution in [0.2, 0.25) is 0 Å². The molecule has 0 N–H and O–H groups in total. The highest BCUT2D eigenvalue weighted by molar-refractivity contribution is 6.02. The van der Waals surface area contributed by atoms with E-state index in [1.807, 2.05) is 17.0 Å². The Balaban J connectivity index is 2.53. The third kappa shape index (κ3) is 1.22. The van der Waals surface area contributed by atoms with Crippen LogP contribution in [0.3, 0.4) is 0 Å². The molecule has 0 aliphatic carbocycles. The number of aryl methyl sites for hydroxylation is 1. The van der Waals surface area contributed by atoms with Crippen molar-refractivity contribution in [2.75, 3.05) is 4.90 Å². The van der Waals surface area contributed by atoms with Gasteiger partial charge < -0.3 is 4.90 Å². The maximum atomic E-state index is 11.8. The van der Waals surface area contributed by atoms with E-state index in [4.69, 9.17) is 0 Å². The normalized spacial score (nSPS) is 15.1. The molecular weight excluding hydrogens is 174 g/mol. The van der Waals surface area contributed by atoms with Gasteiger partial charge in [0.25, 0.3) is 0 Å². The van der Waals surface area contributed by atoms with Gasteiger partial charge in [0, 0.05) is 11.7 Å². The van der Waals surface area contributed by atoms with E-state index in [-0.39, 0.29) is 11.9 Å². The summed E-state index contributed by atoms with van der Waals surface area (Å²) in [5.74, 6) is 0.226. The van der Waals surface area contributed by atoms with Crippen LogP contribution in [0, 0.1) is 6.92 Å². The van der Waals surface area contributed by atoms with Crippen molar-refractivity contribution in [1.82, 2.24) is 0 Å². The van der Waals surface area contributed by atoms with Crippen molar-refractivity contribution in [3.05, 3.63) is 29.3 Å². The SMILES string of the molecule is Cc1cccc2c1CC(=O)N2C(C)C. The van der Waals surface area contributed by atoms with E-state index in [0.29, 0.717) is 6.42 Å². The minimum atomic E-state index is 0.226. The van der Waals surface area contributed by atoms with Gasteiger partial charge in [-0.3, -0.25) is 4.79 Å². The first-order valence-corrected chi connectivity index (χ1v) is 5.02. The number of fused-ring (bicyclic) bond motifs is 1. The van der Waals surface area contributed by atoms with Crippen LogP contribution in [0.4, 0.5) is 5.69 Å². The first-order chi connectivity index (χ1) is 6.61. The van der Waals surface area contributed by atoms with Crippen molar-refractivity contribution in [2.24, 2.45) is 0 Å². The van der Waals surface area contributed by atoms with Gasteiger partial charge in [-0.2, -0.15) is 0 Å². The highest BCUT2D eigenvalue weighted by atomic mass is 16.2. The summed E-state index contributed by atoms with van der Waals surface area (Å²) < 4.78 is 0. The lowest BCUT2D eigenvalue weighted by Gasteiger charge is -2.21. The molecule has 0 radical (unpaired) electrons. The summed E-state index contributed by atoms with van der Waals surface area (Å²) in [6.45, 7) is 6.17. The molecule has 1 aromatic carbocycles. The molecule has 1 amide bonds. The molecule has 0 saturated carbocycles. The number of amides is 1. The van der Waals surface area contributed by atoms with E-state index in [2.05, 4.69) is 26.8 Å². The Hall–Kier alpha value is -1.31. The fraction of sp³-hybridized carbons (Fsp3) is 0.417. The van der Waals surface area contributed by atoms with E-state index >= 15 is 0 Å². The van der Waals surface area contributed by atoms with E-state index in [0.717, 1.165) is 5.69 Å². The van der Waals surface area contributed by atoms with Gasteiger partial charge >= 0.3 is 0 Å². The molecule has 0 saturated heterocycles. The summed E-state index contributed by atoms with van der Waals surface area (Å²) in [6.07, 6.45) is 0.570. The molecule has 1 aromatic rings. The minimum absolute atomic E-state index is 0.226. The van der Waals surface area contributed by atoms with Gasteiger partial charge in [-0.15, -0.1) is 0 Å². The van der Waals surface area contributed by atoms with Crippen LogP contribution in [0.1, 0.15) is 25.0 Å². The van der Waals surface area contributed by atoms with E-state index < -0.39 is 0 Å². The van der Waals surface area contributed by atoms with Gasteiger partial charge in [0.2, 0.25) is 5.91 Å². The average Bonchev–Trinajstić information content (AvgIpc) is 2.42. The Morgan fingerprint density at radius 1 is 1.36 bits per heavy atom. The van der Waals surface area contributed by atoms with Crippen LogP contribution in [0.15, 0.2) is 18.2 Å². The largest absolute Gasteiger partial charge is 0.309 e. The number of nitrogens with zero attached hydrogens (tertiary/aromatic N) is 1. The van der Waals surface area contributed by atoms with Crippen molar-refractivity contribution in [2.45, 2.75) is 33.2 Å². The standard InChI is InChI=1S/C12H15NO/c1-8(2)13-11-6-4-5-9(3)10(11)7-12(13)14/h4-6,8H,7H2,1-3H3. The quantitative estimate of drug-likeness (QED) is 0.663. The number of carbonyl (C=O) groups is 1. The molecule has 0 atom stereocenters. The first kappa shape index (κ1) is 9.25. The molecule has 2 rings (SSSR count). The summed E-state index contributed by atoms with van der Waals surface area (Å²) in [4.78, 5) is 13.6. The average molecular weight is 189 g/mol. The monoisotopic (exact) mass is 189 g/mol. The zero-order chi connectivity index (χ0) is 10.3. The van der Waals surface area contributed by atoms with Crippen LogP contribution in [0.5, 0.6) is 0 Å². The van der Waals surface area contributed by atoms with E-state index in [1.165, 1.54) is 11.1 Å². The molecule has 0 spiro atoms. The Bertz CT molecular complexity index is 382. The number of rotatable bonds is 1. The Kier molecular flexibility index (Phi) is 2.06. The smallest absolute Gasteiger partial charge is 0.231 e. The summed E-state index contributed by atoms with van der Waals surface area (Å²) in [5, 5.41) is 0. The number of hydrogen-bond acceptors (Lipinski definition) is 1. The van der Waals surface area contributed by atoms with Crippen LogP contribution in [-0.4, -0.2) is 11.9 Å². The highest BCUT2D eigenvalue weighted by Crippen LogP contribution is 2.32. The summed E-state index contributed by atoms with van der Waals surface area (Å²) in [5.41, 5.74) is 3.52. The zero-order valence-electron chi connectivity index (χ0n) is 8.87. The molecule has 1 heterocycles. The van der Waals surface area contributed by atoms with Crippen LogP contribution < -0.4 is 4.90 Å². The maximum Gasteiger partial charge on any atom is 0.231 e. The number of anilines is 1. The number of benzene rings is 1. The topological polar surface area (TPSA) is 20.3 Å². The fourth-order valence-corrected chi connectivity index (χ4v) is 2.08. The predicted molar refractivity (Wildman–Crippen MR) is 57.5 cm³/mol. The minimum Gasteiger partial charge on any atom is -0.309 e. The fourth-order valence-electron chi connectivity index (χ4n) is 2.08. The lowest BCUT2D eigenvalue weighted by Crippen LogP contribution is -2.33. The lowest BCUT2D eigenvalue weighted by molar-refractivity contribution is -0.117. The maximum absolute atomic E-state index is 11.8. The molecule has 0 fully saturated rings. The van der Waals surface area contributed by atoms with Crippen LogP contribution in [0.25, 0.3) is 0 Å².